The normalized spacial score (nSPS) is 14.3. The quantitative estimate of drug-likeness (QED) is 0.514. The van der Waals surface area contributed by atoms with Crippen molar-refractivity contribution < 1.29 is 9.53 Å². The molecule has 1 amide bonds. The van der Waals surface area contributed by atoms with E-state index in [4.69, 9.17) is 4.74 Å². The Balaban J connectivity index is 1.44. The molecule has 1 fully saturated rings. The first-order chi connectivity index (χ1) is 14.2. The molecule has 5 nitrogen and oxygen atoms in total. The molecule has 1 aliphatic rings. The zero-order valence-corrected chi connectivity index (χ0v) is 16.6. The van der Waals surface area contributed by atoms with Crippen LogP contribution in [-0.4, -0.2) is 32.3 Å². The van der Waals surface area contributed by atoms with Crippen molar-refractivity contribution in [2.45, 2.75) is 19.3 Å². The van der Waals surface area contributed by atoms with Gasteiger partial charge in [-0.1, -0.05) is 36.4 Å². The molecule has 4 rings (SSSR count). The van der Waals surface area contributed by atoms with E-state index in [0.29, 0.717) is 11.3 Å². The first-order valence-corrected chi connectivity index (χ1v) is 10.00. The van der Waals surface area contributed by atoms with E-state index >= 15 is 0 Å². The van der Waals surface area contributed by atoms with Gasteiger partial charge in [0.2, 0.25) is 0 Å². The lowest BCUT2D eigenvalue weighted by molar-refractivity contribution is 0.0952. The van der Waals surface area contributed by atoms with Gasteiger partial charge in [0.05, 0.1) is 18.9 Å². The Kier molecular flexibility index (Phi) is 5.75. The van der Waals surface area contributed by atoms with Crippen LogP contribution >= 0.6 is 0 Å². The molecule has 0 atom stereocenters. The molecule has 148 valence electrons. The number of methoxy groups -OCH3 is 1. The first-order valence-electron chi connectivity index (χ1n) is 10.00. The number of hydrogen-bond acceptors (Lipinski definition) is 4. The molecule has 0 unspecified atom stereocenters. The Hall–Kier alpha value is -3.34. The van der Waals surface area contributed by atoms with Crippen molar-refractivity contribution in [3.8, 4) is 5.75 Å². The third-order valence-electron chi connectivity index (χ3n) is 5.31. The zero-order chi connectivity index (χ0) is 20.1. The third kappa shape index (κ3) is 4.40. The van der Waals surface area contributed by atoms with Gasteiger partial charge >= 0.3 is 0 Å². The Morgan fingerprint density at radius 2 is 1.69 bits per heavy atom. The summed E-state index contributed by atoms with van der Waals surface area (Å²) in [6.45, 7) is 2.24. The number of rotatable bonds is 5. The number of piperidine rings is 1. The molecule has 1 aliphatic heterocycles. The summed E-state index contributed by atoms with van der Waals surface area (Å²) in [5.74, 6) is 0.232. The fraction of sp³-hybridized carbons (Fsp3) is 0.250. The lowest BCUT2D eigenvalue weighted by atomic mass is 10.1. The standard InChI is InChI=1S/C24H25N3O2/c1-29-23-16-20-8-4-3-7-19(20)15-22(23)24(28)26-25-17-18-9-11-21(12-10-18)27-13-5-2-6-14-27/h3-4,7-12,15-17H,2,5-6,13-14H2,1H3,(H,26,28)/b25-17-. The summed E-state index contributed by atoms with van der Waals surface area (Å²) in [4.78, 5) is 15.0. The molecular weight excluding hydrogens is 362 g/mol. The van der Waals surface area contributed by atoms with Gasteiger partial charge in [0.15, 0.2) is 0 Å². The van der Waals surface area contributed by atoms with Crippen LogP contribution in [0.15, 0.2) is 65.8 Å². The number of benzene rings is 3. The molecule has 3 aromatic rings. The van der Waals surface area contributed by atoms with E-state index in [1.165, 1.54) is 24.9 Å². The highest BCUT2D eigenvalue weighted by molar-refractivity contribution is 6.02. The molecule has 0 spiro atoms. The molecule has 1 N–H and O–H groups in total. The average molecular weight is 387 g/mol. The average Bonchev–Trinajstić information content (AvgIpc) is 2.79. The minimum atomic E-state index is -0.297. The summed E-state index contributed by atoms with van der Waals surface area (Å²) in [5.41, 5.74) is 5.25. The summed E-state index contributed by atoms with van der Waals surface area (Å²) in [6.07, 6.45) is 5.50. The molecule has 0 saturated carbocycles. The van der Waals surface area contributed by atoms with Gasteiger partial charge in [0.1, 0.15) is 5.75 Å². The predicted molar refractivity (Wildman–Crippen MR) is 118 cm³/mol. The number of nitrogens with one attached hydrogen (secondary N) is 1. The van der Waals surface area contributed by atoms with Gasteiger partial charge < -0.3 is 9.64 Å². The maximum atomic E-state index is 12.6. The smallest absolute Gasteiger partial charge is 0.275 e. The topological polar surface area (TPSA) is 53.9 Å². The van der Waals surface area contributed by atoms with Gasteiger partial charge in [-0.25, -0.2) is 5.43 Å². The van der Waals surface area contributed by atoms with E-state index in [1.807, 2.05) is 48.5 Å². The summed E-state index contributed by atoms with van der Waals surface area (Å²) < 4.78 is 5.39. The van der Waals surface area contributed by atoms with E-state index in [-0.39, 0.29) is 5.91 Å². The van der Waals surface area contributed by atoms with Crippen LogP contribution in [-0.2, 0) is 0 Å². The lowest BCUT2D eigenvalue weighted by Crippen LogP contribution is -2.29. The number of hydrazone groups is 1. The molecule has 29 heavy (non-hydrogen) atoms. The molecule has 0 aromatic heterocycles. The zero-order valence-electron chi connectivity index (χ0n) is 16.6. The number of fused-ring (bicyclic) bond motifs is 1. The number of amides is 1. The summed E-state index contributed by atoms with van der Waals surface area (Å²) >= 11 is 0. The van der Waals surface area contributed by atoms with Crippen LogP contribution in [0, 0.1) is 0 Å². The maximum Gasteiger partial charge on any atom is 0.275 e. The van der Waals surface area contributed by atoms with Gasteiger partial charge in [-0.15, -0.1) is 0 Å². The second kappa shape index (κ2) is 8.78. The lowest BCUT2D eigenvalue weighted by Gasteiger charge is -2.28. The Morgan fingerprint density at radius 3 is 2.38 bits per heavy atom. The van der Waals surface area contributed by atoms with Crippen molar-refractivity contribution in [2.24, 2.45) is 5.10 Å². The first kappa shape index (κ1) is 19.0. The number of carbonyl (C=O) groups excluding carboxylic acids is 1. The molecule has 0 aliphatic carbocycles. The molecular formula is C24H25N3O2. The predicted octanol–water partition coefficient (Wildman–Crippen LogP) is 4.60. The van der Waals surface area contributed by atoms with Gasteiger partial charge in [0, 0.05) is 18.8 Å². The van der Waals surface area contributed by atoms with Crippen molar-refractivity contribution in [1.29, 1.82) is 0 Å². The van der Waals surface area contributed by atoms with E-state index < -0.39 is 0 Å². The molecule has 0 bridgehead atoms. The number of ether oxygens (including phenoxy) is 1. The van der Waals surface area contributed by atoms with Gasteiger partial charge in [-0.05, 0) is 59.9 Å². The Labute approximate surface area is 171 Å². The van der Waals surface area contributed by atoms with Crippen molar-refractivity contribution in [2.75, 3.05) is 25.1 Å². The number of carbonyl (C=O) groups is 1. The van der Waals surface area contributed by atoms with Crippen LogP contribution in [0.4, 0.5) is 5.69 Å². The van der Waals surface area contributed by atoms with E-state index in [9.17, 15) is 4.79 Å². The Bertz CT molecular complexity index is 1020. The second-order valence-electron chi connectivity index (χ2n) is 7.24. The van der Waals surface area contributed by atoms with Crippen LogP contribution in [0.25, 0.3) is 10.8 Å². The second-order valence-corrected chi connectivity index (χ2v) is 7.24. The van der Waals surface area contributed by atoms with E-state index in [0.717, 1.165) is 29.4 Å². The van der Waals surface area contributed by atoms with E-state index in [1.54, 1.807) is 13.3 Å². The maximum absolute atomic E-state index is 12.6. The fourth-order valence-corrected chi connectivity index (χ4v) is 3.71. The van der Waals surface area contributed by atoms with E-state index in [2.05, 4.69) is 27.6 Å². The van der Waals surface area contributed by atoms with Crippen LogP contribution in [0.3, 0.4) is 0 Å². The van der Waals surface area contributed by atoms with Crippen LogP contribution in [0.5, 0.6) is 5.75 Å². The molecule has 1 saturated heterocycles. The SMILES string of the molecule is COc1cc2ccccc2cc1C(=O)N/N=C\c1ccc(N2CCCCC2)cc1. The molecule has 0 radical (unpaired) electrons. The van der Waals surface area contributed by atoms with Crippen molar-refractivity contribution >= 4 is 28.6 Å². The van der Waals surface area contributed by atoms with Gasteiger partial charge in [-0.2, -0.15) is 5.10 Å². The summed E-state index contributed by atoms with van der Waals surface area (Å²) in [5, 5.41) is 6.13. The molecule has 1 heterocycles. The minimum absolute atomic E-state index is 0.297. The highest BCUT2D eigenvalue weighted by Gasteiger charge is 2.13. The third-order valence-corrected chi connectivity index (χ3v) is 5.31. The molecule has 5 heteroatoms. The highest BCUT2D eigenvalue weighted by Crippen LogP contribution is 2.26. The fourth-order valence-electron chi connectivity index (χ4n) is 3.71. The van der Waals surface area contributed by atoms with Gasteiger partial charge in [0.25, 0.3) is 5.91 Å². The summed E-state index contributed by atoms with van der Waals surface area (Å²) in [7, 11) is 1.56. The number of anilines is 1. The van der Waals surface area contributed by atoms with Crippen molar-refractivity contribution in [3.63, 3.8) is 0 Å². The number of hydrogen-bond donors (Lipinski definition) is 1. The minimum Gasteiger partial charge on any atom is -0.496 e. The molecule has 3 aromatic carbocycles. The van der Waals surface area contributed by atoms with Crippen LogP contribution in [0.2, 0.25) is 0 Å². The highest BCUT2D eigenvalue weighted by atomic mass is 16.5. The van der Waals surface area contributed by atoms with Gasteiger partial charge in [-0.3, -0.25) is 4.79 Å². The van der Waals surface area contributed by atoms with Crippen molar-refractivity contribution in [1.82, 2.24) is 5.43 Å². The number of nitrogens with zero attached hydrogens (tertiary/aromatic N) is 2. The summed E-state index contributed by atoms with van der Waals surface area (Å²) in [6, 6.07) is 19.8. The van der Waals surface area contributed by atoms with Crippen molar-refractivity contribution in [3.05, 3.63) is 71.8 Å². The van der Waals surface area contributed by atoms with Crippen LogP contribution in [0.1, 0.15) is 35.2 Å². The Morgan fingerprint density at radius 1 is 1.00 bits per heavy atom. The monoisotopic (exact) mass is 387 g/mol. The van der Waals surface area contributed by atoms with Crippen LogP contribution < -0.4 is 15.1 Å². The largest absolute Gasteiger partial charge is 0.496 e.